The first-order valence-corrected chi connectivity index (χ1v) is 11.8. The van der Waals surface area contributed by atoms with E-state index < -0.39 is 6.10 Å². The summed E-state index contributed by atoms with van der Waals surface area (Å²) in [6, 6.07) is 15.2. The van der Waals surface area contributed by atoms with Crippen LogP contribution in [0.2, 0.25) is 0 Å². The number of nitrogens with one attached hydrogen (secondary N) is 2. The highest BCUT2D eigenvalue weighted by molar-refractivity contribution is 6.04. The van der Waals surface area contributed by atoms with Gasteiger partial charge >= 0.3 is 0 Å². The third-order valence-corrected chi connectivity index (χ3v) is 6.03. The summed E-state index contributed by atoms with van der Waals surface area (Å²) in [5, 5.41) is 6.04. The van der Waals surface area contributed by atoms with E-state index in [1.807, 2.05) is 43.3 Å². The van der Waals surface area contributed by atoms with Gasteiger partial charge in [-0.25, -0.2) is 0 Å². The molecule has 0 spiro atoms. The van der Waals surface area contributed by atoms with Crippen LogP contribution >= 0.6 is 0 Å². The lowest BCUT2D eigenvalue weighted by Gasteiger charge is -2.24. The van der Waals surface area contributed by atoms with Crippen LogP contribution in [0.3, 0.4) is 0 Å². The number of benzene rings is 2. The van der Waals surface area contributed by atoms with Gasteiger partial charge in [0.25, 0.3) is 11.8 Å². The summed E-state index contributed by atoms with van der Waals surface area (Å²) < 4.78 is 5.97. The quantitative estimate of drug-likeness (QED) is 0.573. The van der Waals surface area contributed by atoms with Crippen molar-refractivity contribution in [3.63, 3.8) is 0 Å². The second-order valence-electron chi connectivity index (χ2n) is 9.63. The summed E-state index contributed by atoms with van der Waals surface area (Å²) in [6.45, 7) is 8.39. The van der Waals surface area contributed by atoms with Gasteiger partial charge in [-0.3, -0.25) is 9.59 Å². The zero-order valence-corrected chi connectivity index (χ0v) is 19.7. The number of para-hydroxylation sites is 1. The maximum Gasteiger partial charge on any atom is 0.265 e. The van der Waals surface area contributed by atoms with Gasteiger partial charge in [0.2, 0.25) is 0 Å². The molecule has 1 atom stereocenters. The Bertz CT molecular complexity index is 909. The summed E-state index contributed by atoms with van der Waals surface area (Å²) in [5.74, 6) is 0.258. The summed E-state index contributed by atoms with van der Waals surface area (Å²) >= 11 is 0. The standard InChI is InChI=1S/C27H36N2O3/c1-5-24(32-21-17-15-19(16-18-21)27(2,3)4)26(31)29-23-14-10-9-13-22(23)25(30)28-20-11-7-6-8-12-20/h9-10,13-18,20,24H,5-8,11-12H2,1-4H3,(H,28,30)(H,29,31)/t24-/m0/s1. The molecule has 1 aliphatic rings. The fourth-order valence-electron chi connectivity index (χ4n) is 4.03. The fourth-order valence-corrected chi connectivity index (χ4v) is 4.03. The number of anilines is 1. The summed E-state index contributed by atoms with van der Waals surface area (Å²) in [4.78, 5) is 25.8. The Morgan fingerprint density at radius 2 is 1.66 bits per heavy atom. The molecular weight excluding hydrogens is 400 g/mol. The minimum atomic E-state index is -0.648. The van der Waals surface area contributed by atoms with Crippen molar-refractivity contribution < 1.29 is 14.3 Å². The first kappa shape index (κ1) is 23.8. The lowest BCUT2D eigenvalue weighted by atomic mass is 9.87. The summed E-state index contributed by atoms with van der Waals surface area (Å²) in [5.41, 5.74) is 2.26. The fraction of sp³-hybridized carbons (Fsp3) is 0.481. The maximum absolute atomic E-state index is 13.0. The lowest BCUT2D eigenvalue weighted by molar-refractivity contribution is -0.122. The molecule has 1 saturated carbocycles. The molecule has 5 heteroatoms. The molecule has 2 aromatic carbocycles. The Morgan fingerprint density at radius 1 is 1.00 bits per heavy atom. The molecule has 0 radical (unpaired) electrons. The van der Waals surface area contributed by atoms with E-state index >= 15 is 0 Å². The van der Waals surface area contributed by atoms with Crippen LogP contribution in [0.5, 0.6) is 5.75 Å². The average molecular weight is 437 g/mol. The third kappa shape index (κ3) is 6.35. The molecule has 5 nitrogen and oxygen atoms in total. The monoisotopic (exact) mass is 436 g/mol. The maximum atomic E-state index is 13.0. The van der Waals surface area contributed by atoms with Crippen molar-refractivity contribution in [2.75, 3.05) is 5.32 Å². The Morgan fingerprint density at radius 3 is 2.28 bits per heavy atom. The van der Waals surface area contributed by atoms with Crippen LogP contribution in [0.1, 0.15) is 82.1 Å². The van der Waals surface area contributed by atoms with Gasteiger partial charge in [0.1, 0.15) is 5.75 Å². The first-order valence-electron chi connectivity index (χ1n) is 11.8. The Kier molecular flexibility index (Phi) is 7.94. The van der Waals surface area contributed by atoms with Crippen LogP contribution in [-0.4, -0.2) is 24.0 Å². The molecule has 172 valence electrons. The van der Waals surface area contributed by atoms with Crippen molar-refractivity contribution in [3.8, 4) is 5.75 Å². The lowest BCUT2D eigenvalue weighted by Crippen LogP contribution is -2.37. The van der Waals surface area contributed by atoms with Gasteiger partial charge in [0.05, 0.1) is 11.3 Å². The van der Waals surface area contributed by atoms with Gasteiger partial charge in [-0.05, 0) is 54.5 Å². The second kappa shape index (κ2) is 10.7. The minimum Gasteiger partial charge on any atom is -0.481 e. The Hall–Kier alpha value is -2.82. The SMILES string of the molecule is CC[C@H](Oc1ccc(C(C)(C)C)cc1)C(=O)Nc1ccccc1C(=O)NC1CCCCC1. The first-order chi connectivity index (χ1) is 15.3. The van der Waals surface area contributed by atoms with Gasteiger partial charge in [-0.2, -0.15) is 0 Å². The number of hydrogen-bond acceptors (Lipinski definition) is 3. The molecule has 3 rings (SSSR count). The molecule has 0 aromatic heterocycles. The van der Waals surface area contributed by atoms with Gasteiger partial charge in [-0.1, -0.05) is 71.2 Å². The molecule has 1 fully saturated rings. The highest BCUT2D eigenvalue weighted by atomic mass is 16.5. The van der Waals surface area contributed by atoms with E-state index in [9.17, 15) is 9.59 Å². The van der Waals surface area contributed by atoms with Crippen molar-refractivity contribution in [3.05, 3.63) is 59.7 Å². The van der Waals surface area contributed by atoms with Crippen LogP contribution < -0.4 is 15.4 Å². The second-order valence-corrected chi connectivity index (χ2v) is 9.63. The number of carbonyl (C=O) groups is 2. The molecule has 2 aromatic rings. The van der Waals surface area contributed by atoms with Crippen molar-refractivity contribution in [1.29, 1.82) is 0 Å². The largest absolute Gasteiger partial charge is 0.481 e. The number of rotatable bonds is 7. The van der Waals surface area contributed by atoms with Crippen LogP contribution in [0.25, 0.3) is 0 Å². The minimum absolute atomic E-state index is 0.0575. The van der Waals surface area contributed by atoms with E-state index in [4.69, 9.17) is 4.74 Å². The van der Waals surface area contributed by atoms with Gasteiger partial charge in [0.15, 0.2) is 6.10 Å². The molecular formula is C27H36N2O3. The van der Waals surface area contributed by atoms with Crippen LogP contribution in [0.4, 0.5) is 5.69 Å². The van der Waals surface area contributed by atoms with E-state index in [2.05, 4.69) is 31.4 Å². The highest BCUT2D eigenvalue weighted by Gasteiger charge is 2.23. The van der Waals surface area contributed by atoms with Crippen LogP contribution in [0.15, 0.2) is 48.5 Å². The summed E-state index contributed by atoms with van der Waals surface area (Å²) in [7, 11) is 0. The normalized spacial score (nSPS) is 15.6. The number of ether oxygens (including phenoxy) is 1. The van der Waals surface area contributed by atoms with Crippen LogP contribution in [0, 0.1) is 0 Å². The van der Waals surface area contributed by atoms with Gasteiger partial charge in [0, 0.05) is 6.04 Å². The Balaban J connectivity index is 1.66. The molecule has 1 aliphatic carbocycles. The van der Waals surface area contributed by atoms with E-state index in [1.165, 1.54) is 12.0 Å². The topological polar surface area (TPSA) is 67.4 Å². The molecule has 32 heavy (non-hydrogen) atoms. The molecule has 0 saturated heterocycles. The van der Waals surface area contributed by atoms with Crippen molar-refractivity contribution >= 4 is 17.5 Å². The Labute approximate surface area is 191 Å². The number of amides is 2. The zero-order chi connectivity index (χ0) is 23.1. The number of carbonyl (C=O) groups excluding carboxylic acids is 2. The van der Waals surface area contributed by atoms with E-state index in [1.54, 1.807) is 12.1 Å². The van der Waals surface area contributed by atoms with Crippen LogP contribution in [-0.2, 0) is 10.2 Å². The highest BCUT2D eigenvalue weighted by Crippen LogP contribution is 2.25. The van der Waals surface area contributed by atoms with Crippen molar-refractivity contribution in [2.45, 2.75) is 83.8 Å². The molecule has 0 bridgehead atoms. The molecule has 0 heterocycles. The predicted octanol–water partition coefficient (Wildman–Crippen LogP) is 5.84. The number of hydrogen-bond donors (Lipinski definition) is 2. The smallest absolute Gasteiger partial charge is 0.265 e. The molecule has 2 amide bonds. The van der Waals surface area contributed by atoms with E-state index in [-0.39, 0.29) is 23.3 Å². The van der Waals surface area contributed by atoms with Crippen molar-refractivity contribution in [1.82, 2.24) is 5.32 Å². The van der Waals surface area contributed by atoms with Gasteiger partial charge in [-0.15, -0.1) is 0 Å². The predicted molar refractivity (Wildman–Crippen MR) is 129 cm³/mol. The molecule has 0 unspecified atom stereocenters. The molecule has 2 N–H and O–H groups in total. The third-order valence-electron chi connectivity index (χ3n) is 6.03. The average Bonchev–Trinajstić information content (AvgIpc) is 2.78. The zero-order valence-electron chi connectivity index (χ0n) is 19.7. The van der Waals surface area contributed by atoms with Gasteiger partial charge < -0.3 is 15.4 Å². The van der Waals surface area contributed by atoms with E-state index in [0.29, 0.717) is 23.4 Å². The molecule has 0 aliphatic heterocycles. The van der Waals surface area contributed by atoms with Crippen molar-refractivity contribution in [2.24, 2.45) is 0 Å². The van der Waals surface area contributed by atoms with E-state index in [0.717, 1.165) is 25.7 Å². The summed E-state index contributed by atoms with van der Waals surface area (Å²) in [6.07, 6.45) is 5.43.